The standard InChI is InChI=1S/C105H182O16P2/c1-4-7-10-13-16-19-22-25-28-31-34-37-40-42-44-46-48-49-51-53-54-56-59-61-64-67-70-73-76-79-82-85-88-91-103(108)115-94-100(106)95-117-122(111,112)118-96-101(107)97-119-123(113,114)120-99-102(121-105(110)93-90-87-84-81-78-75-72-69-66-63-58-39-36-33-30-27-24-21-18-15-12-9-6-3)98-116-104(109)92-89-86-83-80-77-74-71-68-65-62-60-57-55-52-50-47-45-43-41-38-35-32-29-26-23-20-17-14-11-8-5-2/h7,10,16-21,25-30,34-39,42-45,63,66,100-102,106-107H,4-6,8-9,11-15,22-24,31-33,40-41,46-62,64-65,67-99H2,1-3H3,(H,111,112)(H,113,114)/b10-7-,19-16-,20-17-,21-18-,28-25-,29-26-,30-27-,37-34-,38-35-,39-36-,44-42-,45-43-,66-63-. The molecule has 0 saturated heterocycles. The lowest BCUT2D eigenvalue weighted by Crippen LogP contribution is -2.30. The van der Waals surface area contributed by atoms with Crippen molar-refractivity contribution in [3.63, 3.8) is 0 Å². The lowest BCUT2D eigenvalue weighted by atomic mass is 10.0. The van der Waals surface area contributed by atoms with Gasteiger partial charge in [-0.25, -0.2) is 9.13 Å². The monoisotopic (exact) mass is 1760 g/mol. The molecule has 0 heterocycles. The minimum absolute atomic E-state index is 0.0905. The third-order valence-corrected chi connectivity index (χ3v) is 23.1. The summed E-state index contributed by atoms with van der Waals surface area (Å²) in [5.41, 5.74) is 0. The van der Waals surface area contributed by atoms with Crippen molar-refractivity contribution in [1.29, 1.82) is 0 Å². The Labute approximate surface area is 752 Å². The molecule has 0 aliphatic heterocycles. The molecular formula is C105H182O16P2. The number of carbonyl (C=O) groups is 3. The van der Waals surface area contributed by atoms with Gasteiger partial charge in [0.25, 0.3) is 0 Å². The number of carbonyl (C=O) groups excluding carboxylic acids is 3. The molecule has 123 heavy (non-hydrogen) atoms. The van der Waals surface area contributed by atoms with Crippen molar-refractivity contribution < 1.29 is 75.8 Å². The van der Waals surface area contributed by atoms with E-state index < -0.39 is 91.5 Å². The van der Waals surface area contributed by atoms with Crippen LogP contribution in [0.25, 0.3) is 0 Å². The minimum atomic E-state index is -4.95. The number of unbranched alkanes of at least 4 members (excludes halogenated alkanes) is 45. The summed E-state index contributed by atoms with van der Waals surface area (Å²) in [5, 5.41) is 20.8. The number of allylic oxidation sites excluding steroid dienone is 26. The second kappa shape index (κ2) is 96.3. The Balaban J connectivity index is 4.57. The zero-order chi connectivity index (χ0) is 89.3. The van der Waals surface area contributed by atoms with Gasteiger partial charge in [0.2, 0.25) is 0 Å². The van der Waals surface area contributed by atoms with Crippen molar-refractivity contribution in [3.8, 4) is 0 Å². The number of phosphoric ester groups is 2. The van der Waals surface area contributed by atoms with E-state index in [1.807, 2.05) is 0 Å². The second-order valence-corrected chi connectivity index (χ2v) is 36.1. The first-order valence-corrected chi connectivity index (χ1v) is 52.8. The molecule has 0 aromatic rings. The summed E-state index contributed by atoms with van der Waals surface area (Å²) >= 11 is 0. The van der Waals surface area contributed by atoms with E-state index in [0.29, 0.717) is 19.3 Å². The van der Waals surface area contributed by atoms with Gasteiger partial charge in [0.05, 0.1) is 26.4 Å². The summed E-state index contributed by atoms with van der Waals surface area (Å²) in [6, 6.07) is 0. The predicted molar refractivity (Wildman–Crippen MR) is 519 cm³/mol. The van der Waals surface area contributed by atoms with E-state index in [2.05, 4.69) is 179 Å². The summed E-state index contributed by atoms with van der Waals surface area (Å²) in [4.78, 5) is 59.1. The molecule has 5 atom stereocenters. The molecule has 0 aliphatic carbocycles. The van der Waals surface area contributed by atoms with Gasteiger partial charge in [-0.3, -0.25) is 32.5 Å². The van der Waals surface area contributed by atoms with Crippen molar-refractivity contribution in [2.45, 2.75) is 450 Å². The molecule has 0 radical (unpaired) electrons. The van der Waals surface area contributed by atoms with Crippen LogP contribution >= 0.6 is 15.6 Å². The van der Waals surface area contributed by atoms with Gasteiger partial charge < -0.3 is 34.2 Å². The van der Waals surface area contributed by atoms with Crippen molar-refractivity contribution in [2.24, 2.45) is 0 Å². The maximum atomic E-state index is 13.1. The molecule has 0 bridgehead atoms. The van der Waals surface area contributed by atoms with Gasteiger partial charge in [0.1, 0.15) is 25.4 Å². The molecule has 16 nitrogen and oxygen atoms in total. The van der Waals surface area contributed by atoms with E-state index in [9.17, 15) is 43.5 Å². The third-order valence-electron chi connectivity index (χ3n) is 21.2. The summed E-state index contributed by atoms with van der Waals surface area (Å²) in [7, 11) is -9.82. The number of hydrogen-bond acceptors (Lipinski definition) is 14. The van der Waals surface area contributed by atoms with Crippen LogP contribution in [0, 0.1) is 0 Å². The molecule has 0 saturated carbocycles. The maximum Gasteiger partial charge on any atom is 0.472 e. The average Bonchev–Trinajstić information content (AvgIpc) is 0.898. The quantitative estimate of drug-likeness (QED) is 0.0146. The first kappa shape index (κ1) is 118. The lowest BCUT2D eigenvalue weighted by Gasteiger charge is -2.21. The molecule has 0 aromatic heterocycles. The van der Waals surface area contributed by atoms with E-state index in [4.69, 9.17) is 32.3 Å². The number of phosphoric acid groups is 2. The van der Waals surface area contributed by atoms with Crippen LogP contribution < -0.4 is 0 Å². The van der Waals surface area contributed by atoms with Crippen LogP contribution in [0.4, 0.5) is 0 Å². The first-order chi connectivity index (χ1) is 60.2. The first-order valence-electron chi connectivity index (χ1n) is 49.8. The smallest absolute Gasteiger partial charge is 0.463 e. The Morgan fingerprint density at radius 1 is 0.236 bits per heavy atom. The normalized spacial score (nSPS) is 14.4. The van der Waals surface area contributed by atoms with Gasteiger partial charge in [-0.15, -0.1) is 0 Å². The molecule has 4 N–H and O–H groups in total. The summed E-state index contributed by atoms with van der Waals surface area (Å²) < 4.78 is 61.6. The Hall–Kier alpha value is -4.83. The van der Waals surface area contributed by atoms with E-state index in [1.54, 1.807) is 0 Å². The number of hydrogen-bond donors (Lipinski definition) is 4. The maximum absolute atomic E-state index is 13.1. The van der Waals surface area contributed by atoms with Gasteiger partial charge in [-0.1, -0.05) is 416 Å². The summed E-state index contributed by atoms with van der Waals surface area (Å²) in [5.74, 6) is -1.57. The van der Waals surface area contributed by atoms with E-state index in [1.165, 1.54) is 218 Å². The van der Waals surface area contributed by atoms with Gasteiger partial charge in [-0.2, -0.15) is 0 Å². The number of aliphatic hydroxyl groups is 2. The fourth-order valence-corrected chi connectivity index (χ4v) is 15.3. The van der Waals surface area contributed by atoms with E-state index in [-0.39, 0.29) is 19.3 Å². The summed E-state index contributed by atoms with van der Waals surface area (Å²) in [6.07, 6.45) is 124. The van der Waals surface area contributed by atoms with Crippen molar-refractivity contribution in [3.05, 3.63) is 158 Å². The largest absolute Gasteiger partial charge is 0.472 e. The number of aliphatic hydroxyl groups excluding tert-OH is 2. The summed E-state index contributed by atoms with van der Waals surface area (Å²) in [6.45, 7) is 2.57. The van der Waals surface area contributed by atoms with Crippen LogP contribution in [0.3, 0.4) is 0 Å². The number of ether oxygens (including phenoxy) is 3. The molecule has 5 unspecified atom stereocenters. The molecule has 0 aliphatic rings. The van der Waals surface area contributed by atoms with Crippen LogP contribution in [0.2, 0.25) is 0 Å². The molecular weight excluding hydrogens is 1580 g/mol. The van der Waals surface area contributed by atoms with Gasteiger partial charge in [-0.05, 0) is 154 Å². The molecule has 0 aromatic carbocycles. The fourth-order valence-electron chi connectivity index (χ4n) is 13.7. The second-order valence-electron chi connectivity index (χ2n) is 33.2. The van der Waals surface area contributed by atoms with Crippen molar-refractivity contribution in [2.75, 3.05) is 39.6 Å². The van der Waals surface area contributed by atoms with E-state index in [0.717, 1.165) is 154 Å². The highest BCUT2D eigenvalue weighted by Gasteiger charge is 2.30. The minimum Gasteiger partial charge on any atom is -0.463 e. The molecule has 708 valence electrons. The number of esters is 3. The Kier molecular flexibility index (Phi) is 92.5. The molecule has 0 spiro atoms. The zero-order valence-electron chi connectivity index (χ0n) is 78.3. The number of rotatable bonds is 94. The molecule has 0 amide bonds. The SMILES string of the molecule is CC/C=C\C/C=C\C/C=C\C/C=C\C/C=C\CCCCCCCCCCCCCCCCCCCC(=O)OCC(O)COP(=O)(O)OCC(O)COP(=O)(O)OCC(COC(=O)CCCCCCCCCCCCCCCCC/C=C\C/C=C\C/C=C\C/C=C\CCCCC)OC(=O)CCCCCCCCC/C=C\C/C=C\C/C=C\C/C=C\CCCCC. The van der Waals surface area contributed by atoms with Gasteiger partial charge in [0.15, 0.2) is 6.10 Å². The van der Waals surface area contributed by atoms with Crippen molar-refractivity contribution in [1.82, 2.24) is 0 Å². The average molecular weight is 1760 g/mol. The van der Waals surface area contributed by atoms with Gasteiger partial charge >= 0.3 is 33.6 Å². The van der Waals surface area contributed by atoms with E-state index >= 15 is 0 Å². The highest BCUT2D eigenvalue weighted by atomic mass is 31.2. The highest BCUT2D eigenvalue weighted by Crippen LogP contribution is 2.45. The van der Waals surface area contributed by atoms with Crippen molar-refractivity contribution >= 4 is 33.6 Å². The molecule has 0 rings (SSSR count). The van der Waals surface area contributed by atoms with Crippen LogP contribution in [0.15, 0.2) is 158 Å². The van der Waals surface area contributed by atoms with Crippen LogP contribution in [-0.4, -0.2) is 95.9 Å². The van der Waals surface area contributed by atoms with Crippen LogP contribution in [0.1, 0.15) is 432 Å². The van der Waals surface area contributed by atoms with Crippen LogP contribution in [0.5, 0.6) is 0 Å². The van der Waals surface area contributed by atoms with Gasteiger partial charge in [0, 0.05) is 19.3 Å². The highest BCUT2D eigenvalue weighted by molar-refractivity contribution is 7.47. The Morgan fingerprint density at radius 2 is 0.431 bits per heavy atom. The lowest BCUT2D eigenvalue weighted by molar-refractivity contribution is -0.161. The molecule has 0 fully saturated rings. The fraction of sp³-hybridized carbons (Fsp3) is 0.724. The Bertz CT molecular complexity index is 2870. The zero-order valence-corrected chi connectivity index (χ0v) is 80.1. The van der Waals surface area contributed by atoms with Crippen LogP contribution in [-0.2, 0) is 55.8 Å². The molecule has 18 heteroatoms. The third kappa shape index (κ3) is 97.6. The Morgan fingerprint density at radius 3 is 0.683 bits per heavy atom. The topological polar surface area (TPSA) is 231 Å². The predicted octanol–water partition coefficient (Wildman–Crippen LogP) is 31.2.